The zero-order valence-electron chi connectivity index (χ0n) is 17.4. The first-order valence-electron chi connectivity index (χ1n) is 9.92. The van der Waals surface area contributed by atoms with Crippen molar-refractivity contribution in [3.05, 3.63) is 59.2 Å². The number of carbonyl (C=O) groups excluding carboxylic acids is 2. The van der Waals surface area contributed by atoms with Crippen LogP contribution in [0, 0.1) is 6.92 Å². The summed E-state index contributed by atoms with van der Waals surface area (Å²) in [5, 5.41) is 2.79. The summed E-state index contributed by atoms with van der Waals surface area (Å²) in [4.78, 5) is 25.7. The molecule has 160 valence electrons. The summed E-state index contributed by atoms with van der Waals surface area (Å²) in [7, 11) is -3.74. The molecule has 1 aliphatic heterocycles. The van der Waals surface area contributed by atoms with Gasteiger partial charge in [-0.05, 0) is 49.6 Å². The molecule has 1 heterocycles. The van der Waals surface area contributed by atoms with Crippen LogP contribution in [0.5, 0.6) is 0 Å². The van der Waals surface area contributed by atoms with E-state index in [0.717, 1.165) is 22.4 Å². The van der Waals surface area contributed by atoms with Crippen LogP contribution in [0.1, 0.15) is 37.0 Å². The van der Waals surface area contributed by atoms with E-state index in [0.29, 0.717) is 13.0 Å². The van der Waals surface area contributed by atoms with Crippen LogP contribution in [-0.2, 0) is 32.6 Å². The third-order valence-corrected chi connectivity index (χ3v) is 6.63. The van der Waals surface area contributed by atoms with Crippen molar-refractivity contribution in [3.63, 3.8) is 0 Å². The topological polar surface area (TPSA) is 95.6 Å². The highest BCUT2D eigenvalue weighted by Crippen LogP contribution is 2.33. The number of nitrogens with one attached hydrogen (secondary N) is 2. The van der Waals surface area contributed by atoms with E-state index in [-0.39, 0.29) is 35.7 Å². The Kier molecular flexibility index (Phi) is 6.58. The molecule has 8 heteroatoms. The Hall–Kier alpha value is -2.71. The summed E-state index contributed by atoms with van der Waals surface area (Å²) in [6.45, 7) is 5.84. The Bertz CT molecular complexity index is 1050. The molecule has 7 nitrogen and oxygen atoms in total. The highest BCUT2D eigenvalue weighted by atomic mass is 32.2. The number of rotatable bonds is 7. The van der Waals surface area contributed by atoms with Crippen molar-refractivity contribution < 1.29 is 18.0 Å². The highest BCUT2D eigenvalue weighted by molar-refractivity contribution is 7.89. The highest BCUT2D eigenvalue weighted by Gasteiger charge is 2.30. The molecule has 0 radical (unpaired) electrons. The van der Waals surface area contributed by atoms with Gasteiger partial charge < -0.3 is 10.2 Å². The van der Waals surface area contributed by atoms with Gasteiger partial charge in [-0.3, -0.25) is 9.59 Å². The number of hydrogen-bond acceptors (Lipinski definition) is 4. The van der Waals surface area contributed by atoms with Gasteiger partial charge in [-0.2, -0.15) is 0 Å². The van der Waals surface area contributed by atoms with Gasteiger partial charge in [0.05, 0.1) is 4.90 Å². The molecule has 0 saturated heterocycles. The van der Waals surface area contributed by atoms with Gasteiger partial charge in [-0.25, -0.2) is 13.1 Å². The predicted molar refractivity (Wildman–Crippen MR) is 116 cm³/mol. The molecule has 0 fully saturated rings. The minimum Gasteiger partial charge on any atom is -0.352 e. The van der Waals surface area contributed by atoms with Crippen molar-refractivity contribution in [2.24, 2.45) is 0 Å². The number of hydrogen-bond donors (Lipinski definition) is 2. The van der Waals surface area contributed by atoms with Crippen molar-refractivity contribution in [2.75, 3.05) is 11.4 Å². The van der Waals surface area contributed by atoms with Crippen molar-refractivity contribution in [3.8, 4) is 0 Å². The predicted octanol–water partition coefficient (Wildman–Crippen LogP) is 2.28. The second-order valence-electron chi connectivity index (χ2n) is 7.64. The van der Waals surface area contributed by atoms with E-state index in [2.05, 4.69) is 10.0 Å². The zero-order valence-corrected chi connectivity index (χ0v) is 18.3. The van der Waals surface area contributed by atoms with Crippen LogP contribution < -0.4 is 14.9 Å². The molecule has 0 aliphatic carbocycles. The van der Waals surface area contributed by atoms with Gasteiger partial charge >= 0.3 is 0 Å². The molecule has 0 bridgehead atoms. The first-order chi connectivity index (χ1) is 14.2. The third-order valence-electron chi connectivity index (χ3n) is 5.17. The lowest BCUT2D eigenvalue weighted by Crippen LogP contribution is -2.33. The maximum Gasteiger partial charge on any atom is 0.240 e. The SMILES string of the molecule is CC(=O)N1c2ccc(S(=O)(=O)NCCC(=O)NCc3ccc(C)cc3)cc2C[C@H]1C. The van der Waals surface area contributed by atoms with Crippen LogP contribution in [0.15, 0.2) is 47.4 Å². The Morgan fingerprint density at radius 2 is 1.83 bits per heavy atom. The van der Waals surface area contributed by atoms with Crippen LogP contribution in [0.3, 0.4) is 0 Å². The Morgan fingerprint density at radius 3 is 2.50 bits per heavy atom. The molecule has 0 unspecified atom stereocenters. The second kappa shape index (κ2) is 8.97. The molecule has 3 rings (SSSR count). The van der Waals surface area contributed by atoms with Crippen LogP contribution in [0.4, 0.5) is 5.69 Å². The Balaban J connectivity index is 1.54. The Labute approximate surface area is 177 Å². The standard InChI is InChI=1S/C22H27N3O4S/c1-15-4-6-18(7-5-15)14-23-22(27)10-11-24-30(28,29)20-8-9-21-19(13-20)12-16(2)25(21)17(3)26/h4-9,13,16,24H,10-12,14H2,1-3H3,(H,23,27)/t16-/m1/s1. The van der Waals surface area contributed by atoms with Gasteiger partial charge in [0.25, 0.3) is 0 Å². The lowest BCUT2D eigenvalue weighted by atomic mass is 10.1. The molecule has 2 amide bonds. The number of aryl methyl sites for hydroxylation is 1. The maximum atomic E-state index is 12.6. The fourth-order valence-electron chi connectivity index (χ4n) is 3.63. The van der Waals surface area contributed by atoms with E-state index >= 15 is 0 Å². The molecular weight excluding hydrogens is 402 g/mol. The quantitative estimate of drug-likeness (QED) is 0.706. The summed E-state index contributed by atoms with van der Waals surface area (Å²) in [5.41, 5.74) is 3.72. The first-order valence-corrected chi connectivity index (χ1v) is 11.4. The second-order valence-corrected chi connectivity index (χ2v) is 9.41. The summed E-state index contributed by atoms with van der Waals surface area (Å²) in [6, 6.07) is 12.6. The summed E-state index contributed by atoms with van der Waals surface area (Å²) >= 11 is 0. The van der Waals surface area contributed by atoms with Gasteiger partial charge in [0.15, 0.2) is 0 Å². The molecule has 1 atom stereocenters. The molecule has 0 aromatic heterocycles. The van der Waals surface area contributed by atoms with Gasteiger partial charge in [-0.15, -0.1) is 0 Å². The van der Waals surface area contributed by atoms with Crippen molar-refractivity contribution in [2.45, 2.75) is 51.1 Å². The monoisotopic (exact) mass is 429 g/mol. The van der Waals surface area contributed by atoms with Crippen molar-refractivity contribution in [1.82, 2.24) is 10.0 Å². The number of benzene rings is 2. The number of fused-ring (bicyclic) bond motifs is 1. The fraction of sp³-hybridized carbons (Fsp3) is 0.364. The minimum atomic E-state index is -3.74. The lowest BCUT2D eigenvalue weighted by molar-refractivity contribution is -0.121. The van der Waals surface area contributed by atoms with Gasteiger partial charge in [0, 0.05) is 38.2 Å². The van der Waals surface area contributed by atoms with Crippen molar-refractivity contribution >= 4 is 27.5 Å². The van der Waals surface area contributed by atoms with Crippen LogP contribution in [0.25, 0.3) is 0 Å². The van der Waals surface area contributed by atoms with E-state index in [1.54, 1.807) is 17.0 Å². The van der Waals surface area contributed by atoms with E-state index in [4.69, 9.17) is 0 Å². The molecule has 30 heavy (non-hydrogen) atoms. The van der Waals surface area contributed by atoms with Gasteiger partial charge in [0.1, 0.15) is 0 Å². The van der Waals surface area contributed by atoms with E-state index < -0.39 is 10.0 Å². The summed E-state index contributed by atoms with van der Waals surface area (Å²) in [5.74, 6) is -0.287. The number of carbonyl (C=O) groups is 2. The van der Waals surface area contributed by atoms with Crippen LogP contribution >= 0.6 is 0 Å². The smallest absolute Gasteiger partial charge is 0.240 e. The average molecular weight is 430 g/mol. The first kappa shape index (κ1) is 22.0. The largest absolute Gasteiger partial charge is 0.352 e. The van der Waals surface area contributed by atoms with Gasteiger partial charge in [0.2, 0.25) is 21.8 Å². The zero-order chi connectivity index (χ0) is 21.9. The van der Waals surface area contributed by atoms with E-state index in [9.17, 15) is 18.0 Å². The molecule has 1 aliphatic rings. The van der Waals surface area contributed by atoms with Gasteiger partial charge in [-0.1, -0.05) is 29.8 Å². The molecule has 0 spiro atoms. The van der Waals surface area contributed by atoms with Crippen molar-refractivity contribution in [1.29, 1.82) is 0 Å². The Morgan fingerprint density at radius 1 is 1.13 bits per heavy atom. The average Bonchev–Trinajstić information content (AvgIpc) is 3.02. The summed E-state index contributed by atoms with van der Waals surface area (Å²) < 4.78 is 27.7. The molecule has 2 aromatic carbocycles. The number of anilines is 1. The van der Waals surface area contributed by atoms with E-state index in [1.165, 1.54) is 13.0 Å². The number of amides is 2. The molecular formula is C22H27N3O4S. The number of nitrogens with zero attached hydrogens (tertiary/aromatic N) is 1. The normalized spacial score (nSPS) is 15.7. The third kappa shape index (κ3) is 5.06. The molecule has 0 saturated carbocycles. The van der Waals surface area contributed by atoms with E-state index in [1.807, 2.05) is 38.1 Å². The fourth-order valence-corrected chi connectivity index (χ4v) is 4.71. The van der Waals surface area contributed by atoms with Crippen LogP contribution in [0.2, 0.25) is 0 Å². The summed E-state index contributed by atoms with van der Waals surface area (Å²) in [6.07, 6.45) is 0.658. The number of sulfonamides is 1. The molecule has 2 aromatic rings. The molecule has 2 N–H and O–H groups in total. The maximum absolute atomic E-state index is 12.6. The minimum absolute atomic E-state index is 0.000591. The lowest BCUT2D eigenvalue weighted by Gasteiger charge is -2.20. The van der Waals surface area contributed by atoms with Crippen LogP contribution in [-0.4, -0.2) is 32.8 Å².